The number of carboxylic acids is 1. The number of carboxylic acid groups (broad SMARTS) is 1. The van der Waals surface area contributed by atoms with E-state index < -0.39 is 12.0 Å². The van der Waals surface area contributed by atoms with E-state index in [2.05, 4.69) is 5.32 Å². The first-order valence-electron chi connectivity index (χ1n) is 6.76. The number of carbonyl (C=O) groups is 3. The molecule has 6 heteroatoms. The van der Waals surface area contributed by atoms with Crippen molar-refractivity contribution in [3.05, 3.63) is 35.9 Å². The smallest absolute Gasteiger partial charge is 0.326 e. The van der Waals surface area contributed by atoms with Crippen molar-refractivity contribution >= 4 is 29.4 Å². The topological polar surface area (TPSA) is 83.5 Å². The van der Waals surface area contributed by atoms with Crippen molar-refractivity contribution in [3.8, 4) is 0 Å². The van der Waals surface area contributed by atoms with E-state index in [0.29, 0.717) is 5.56 Å². The molecule has 0 heterocycles. The van der Waals surface area contributed by atoms with Crippen LogP contribution in [0.2, 0.25) is 0 Å². The monoisotopic (exact) mass is 307 g/mol. The number of ketones is 1. The molecule has 0 saturated heterocycles. The number of carbonyl (C=O) groups excluding carboxylic acids is 2. The van der Waals surface area contributed by atoms with Gasteiger partial charge in [0.25, 0.3) is 0 Å². The third kappa shape index (κ3) is 4.90. The molecule has 1 saturated carbocycles. The van der Waals surface area contributed by atoms with Gasteiger partial charge in [0.15, 0.2) is 5.78 Å². The van der Waals surface area contributed by atoms with Crippen LogP contribution in [-0.4, -0.2) is 40.3 Å². The van der Waals surface area contributed by atoms with Gasteiger partial charge in [0, 0.05) is 5.56 Å². The minimum Gasteiger partial charge on any atom is -0.480 e. The first-order valence-corrected chi connectivity index (χ1v) is 7.91. The Morgan fingerprint density at radius 3 is 2.43 bits per heavy atom. The molecule has 0 aromatic heterocycles. The van der Waals surface area contributed by atoms with Gasteiger partial charge in [-0.3, -0.25) is 9.59 Å². The van der Waals surface area contributed by atoms with Crippen LogP contribution in [0.1, 0.15) is 23.2 Å². The van der Waals surface area contributed by atoms with E-state index >= 15 is 0 Å². The summed E-state index contributed by atoms with van der Waals surface area (Å²) in [6.45, 7) is 0. The minimum absolute atomic E-state index is 0.0367. The predicted octanol–water partition coefficient (Wildman–Crippen LogP) is 1.58. The predicted molar refractivity (Wildman–Crippen MR) is 80.4 cm³/mol. The molecule has 1 unspecified atom stereocenters. The molecular weight excluding hydrogens is 290 g/mol. The minimum atomic E-state index is -0.990. The van der Waals surface area contributed by atoms with Crippen LogP contribution in [0.4, 0.5) is 0 Å². The number of thioether (sulfide) groups is 1. The van der Waals surface area contributed by atoms with Crippen LogP contribution in [0, 0.1) is 5.92 Å². The van der Waals surface area contributed by atoms with E-state index in [1.54, 1.807) is 24.3 Å². The first kappa shape index (κ1) is 15.6. The summed E-state index contributed by atoms with van der Waals surface area (Å²) in [6.07, 6.45) is 1.69. The largest absolute Gasteiger partial charge is 0.480 e. The van der Waals surface area contributed by atoms with E-state index in [-0.39, 0.29) is 29.1 Å². The fourth-order valence-corrected chi connectivity index (χ4v) is 2.69. The van der Waals surface area contributed by atoms with E-state index in [4.69, 9.17) is 5.11 Å². The molecule has 0 aliphatic heterocycles. The molecule has 2 N–H and O–H groups in total. The Morgan fingerprint density at radius 1 is 1.19 bits per heavy atom. The zero-order chi connectivity index (χ0) is 15.2. The number of rotatable bonds is 8. The fraction of sp³-hybridized carbons (Fsp3) is 0.400. The Balaban J connectivity index is 1.72. The normalized spacial score (nSPS) is 15.2. The summed E-state index contributed by atoms with van der Waals surface area (Å²) in [5, 5.41) is 11.5. The standard InChI is InChI=1S/C15H17NO4S/c17-12(10-4-2-1-3-5-10)8-21-9-13(18)16-14(15(19)20)11-6-7-11/h1-5,11,14H,6-9H2,(H,16,18)(H,19,20). The maximum absolute atomic E-state index is 11.8. The van der Waals surface area contributed by atoms with Gasteiger partial charge in [-0.15, -0.1) is 11.8 Å². The average Bonchev–Trinajstić information content (AvgIpc) is 3.30. The second kappa shape index (κ2) is 7.26. The van der Waals surface area contributed by atoms with Crippen LogP contribution in [-0.2, 0) is 9.59 Å². The molecule has 1 fully saturated rings. The van der Waals surface area contributed by atoms with Gasteiger partial charge >= 0.3 is 5.97 Å². The number of nitrogens with one attached hydrogen (secondary N) is 1. The molecule has 0 spiro atoms. The molecule has 0 radical (unpaired) electrons. The van der Waals surface area contributed by atoms with E-state index in [1.165, 1.54) is 11.8 Å². The summed E-state index contributed by atoms with van der Waals surface area (Å²) in [6, 6.07) is 8.09. The van der Waals surface area contributed by atoms with Crippen LogP contribution in [0.3, 0.4) is 0 Å². The van der Waals surface area contributed by atoms with Crippen molar-refractivity contribution in [2.24, 2.45) is 5.92 Å². The number of amides is 1. The van der Waals surface area contributed by atoms with Gasteiger partial charge in [0.1, 0.15) is 6.04 Å². The van der Waals surface area contributed by atoms with E-state index in [9.17, 15) is 14.4 Å². The number of aliphatic carboxylic acids is 1. The highest BCUT2D eigenvalue weighted by Gasteiger charge is 2.37. The summed E-state index contributed by atoms with van der Waals surface area (Å²) in [4.78, 5) is 34.5. The molecule has 1 aromatic rings. The molecule has 21 heavy (non-hydrogen) atoms. The summed E-state index contributed by atoms with van der Waals surface area (Å²) in [7, 11) is 0. The third-order valence-corrected chi connectivity index (χ3v) is 4.17. The van der Waals surface area contributed by atoms with Crippen molar-refractivity contribution in [1.82, 2.24) is 5.32 Å². The van der Waals surface area contributed by atoms with Crippen LogP contribution < -0.4 is 5.32 Å². The van der Waals surface area contributed by atoms with Crippen LogP contribution in [0.5, 0.6) is 0 Å². The summed E-state index contributed by atoms with van der Waals surface area (Å²) in [5.41, 5.74) is 0.617. The molecule has 0 bridgehead atoms. The lowest BCUT2D eigenvalue weighted by atomic mass is 10.2. The highest BCUT2D eigenvalue weighted by molar-refractivity contribution is 8.00. The van der Waals surface area contributed by atoms with Gasteiger partial charge in [-0.2, -0.15) is 0 Å². The Hall–Kier alpha value is -1.82. The highest BCUT2D eigenvalue weighted by atomic mass is 32.2. The van der Waals surface area contributed by atoms with Gasteiger partial charge in [-0.05, 0) is 18.8 Å². The second-order valence-electron chi connectivity index (χ2n) is 5.00. The lowest BCUT2D eigenvalue weighted by Crippen LogP contribution is -2.43. The Morgan fingerprint density at radius 2 is 1.86 bits per heavy atom. The fourth-order valence-electron chi connectivity index (χ4n) is 1.97. The Kier molecular flexibility index (Phi) is 5.38. The number of hydrogen-bond acceptors (Lipinski definition) is 4. The second-order valence-corrected chi connectivity index (χ2v) is 5.99. The Labute approximate surface area is 127 Å². The van der Waals surface area contributed by atoms with Crippen molar-refractivity contribution in [3.63, 3.8) is 0 Å². The van der Waals surface area contributed by atoms with Gasteiger partial charge in [-0.25, -0.2) is 4.79 Å². The molecule has 1 atom stereocenters. The van der Waals surface area contributed by atoms with Gasteiger partial charge in [0.05, 0.1) is 11.5 Å². The number of Topliss-reactive ketones (excluding diaryl/α,β-unsaturated/α-hetero) is 1. The molecular formula is C15H17NO4S. The van der Waals surface area contributed by atoms with Crippen LogP contribution >= 0.6 is 11.8 Å². The molecule has 1 aliphatic rings. The van der Waals surface area contributed by atoms with E-state index in [0.717, 1.165) is 12.8 Å². The lowest BCUT2D eigenvalue weighted by molar-refractivity contribution is -0.142. The number of hydrogen-bond donors (Lipinski definition) is 2. The highest BCUT2D eigenvalue weighted by Crippen LogP contribution is 2.32. The van der Waals surface area contributed by atoms with Gasteiger partial charge in [0.2, 0.25) is 5.91 Å². The van der Waals surface area contributed by atoms with Crippen LogP contribution in [0.15, 0.2) is 30.3 Å². The summed E-state index contributed by atoms with van der Waals surface area (Å²) >= 11 is 1.20. The molecule has 112 valence electrons. The lowest BCUT2D eigenvalue weighted by Gasteiger charge is -2.13. The zero-order valence-corrected chi connectivity index (χ0v) is 12.3. The average molecular weight is 307 g/mol. The van der Waals surface area contributed by atoms with Crippen molar-refractivity contribution in [2.45, 2.75) is 18.9 Å². The molecule has 1 amide bonds. The van der Waals surface area contributed by atoms with Crippen molar-refractivity contribution in [2.75, 3.05) is 11.5 Å². The van der Waals surface area contributed by atoms with Crippen molar-refractivity contribution < 1.29 is 19.5 Å². The maximum atomic E-state index is 11.8. The zero-order valence-electron chi connectivity index (χ0n) is 11.5. The SMILES string of the molecule is O=C(CSCC(=O)c1ccccc1)NC(C(=O)O)C1CC1. The molecule has 5 nitrogen and oxygen atoms in total. The molecule has 2 rings (SSSR count). The quantitative estimate of drug-likeness (QED) is 0.712. The van der Waals surface area contributed by atoms with Crippen molar-refractivity contribution in [1.29, 1.82) is 0 Å². The molecule has 1 aliphatic carbocycles. The maximum Gasteiger partial charge on any atom is 0.326 e. The van der Waals surface area contributed by atoms with Gasteiger partial charge < -0.3 is 10.4 Å². The first-order chi connectivity index (χ1) is 10.1. The Bertz CT molecular complexity index is 528. The number of benzene rings is 1. The summed E-state index contributed by atoms with van der Waals surface area (Å²) < 4.78 is 0. The van der Waals surface area contributed by atoms with Gasteiger partial charge in [-0.1, -0.05) is 30.3 Å². The third-order valence-electron chi connectivity index (χ3n) is 3.24. The van der Waals surface area contributed by atoms with Crippen LogP contribution in [0.25, 0.3) is 0 Å². The van der Waals surface area contributed by atoms with E-state index in [1.807, 2.05) is 6.07 Å². The summed E-state index contributed by atoms with van der Waals surface area (Å²) in [5.74, 6) is -1.00. The molecule has 1 aromatic carbocycles.